The Labute approximate surface area is 149 Å². The van der Waals surface area contributed by atoms with Crippen molar-refractivity contribution in [3.05, 3.63) is 96.1 Å². The highest BCUT2D eigenvalue weighted by molar-refractivity contribution is 5.14. The summed E-state index contributed by atoms with van der Waals surface area (Å²) >= 11 is 0. The van der Waals surface area contributed by atoms with Crippen LogP contribution in [0.1, 0.15) is 11.1 Å². The second-order valence-electron chi connectivity index (χ2n) is 5.95. The summed E-state index contributed by atoms with van der Waals surface area (Å²) in [7, 11) is 0. The fourth-order valence-electron chi connectivity index (χ4n) is 2.61. The molecule has 0 radical (unpaired) electrons. The van der Waals surface area contributed by atoms with E-state index in [1.165, 1.54) is 11.1 Å². The Bertz CT molecular complexity index is 664. The van der Waals surface area contributed by atoms with E-state index >= 15 is 0 Å². The topological polar surface area (TPSA) is 27.7 Å². The van der Waals surface area contributed by atoms with Crippen molar-refractivity contribution >= 4 is 0 Å². The molecule has 1 aliphatic heterocycles. The Kier molecular flexibility index (Phi) is 7.01. The quantitative estimate of drug-likeness (QED) is 0.505. The fraction of sp³-hybridized carbons (Fsp3) is 0.273. The normalized spacial score (nSPS) is 19.7. The van der Waals surface area contributed by atoms with Gasteiger partial charge in [0.1, 0.15) is 6.10 Å². The van der Waals surface area contributed by atoms with E-state index in [-0.39, 0.29) is 12.2 Å². The molecule has 2 aromatic rings. The molecule has 130 valence electrons. The predicted molar refractivity (Wildman–Crippen MR) is 99.1 cm³/mol. The molecule has 0 spiro atoms. The maximum Gasteiger partial charge on any atom is 0.100 e. The summed E-state index contributed by atoms with van der Waals surface area (Å²) in [6, 6.07) is 20.3. The van der Waals surface area contributed by atoms with Crippen LogP contribution < -0.4 is 0 Å². The summed E-state index contributed by atoms with van der Waals surface area (Å²) in [4.78, 5) is 0. The molecule has 25 heavy (non-hydrogen) atoms. The van der Waals surface area contributed by atoms with E-state index in [2.05, 4.69) is 36.4 Å². The van der Waals surface area contributed by atoms with Crippen LogP contribution in [0.4, 0.5) is 0 Å². The van der Waals surface area contributed by atoms with E-state index in [0.717, 1.165) is 0 Å². The van der Waals surface area contributed by atoms with Crippen molar-refractivity contribution < 1.29 is 14.2 Å². The molecule has 3 nitrogen and oxygen atoms in total. The summed E-state index contributed by atoms with van der Waals surface area (Å²) in [5.41, 5.74) is 2.36. The first-order valence-electron chi connectivity index (χ1n) is 8.64. The van der Waals surface area contributed by atoms with Crippen LogP contribution in [0.15, 0.2) is 85.0 Å². The van der Waals surface area contributed by atoms with Gasteiger partial charge in [0.15, 0.2) is 0 Å². The second kappa shape index (κ2) is 9.94. The molecule has 0 aromatic heterocycles. The largest absolute Gasteiger partial charge is 0.374 e. The molecule has 0 amide bonds. The number of rotatable bonds is 9. The van der Waals surface area contributed by atoms with Crippen LogP contribution in [-0.4, -0.2) is 25.4 Å². The number of hydrogen-bond acceptors (Lipinski definition) is 3. The maximum atomic E-state index is 5.89. The third-order valence-corrected chi connectivity index (χ3v) is 3.89. The molecule has 1 heterocycles. The number of ether oxygens (including phenoxy) is 3. The molecule has 3 rings (SSSR count). The maximum absolute atomic E-state index is 5.89. The van der Waals surface area contributed by atoms with Gasteiger partial charge in [-0.2, -0.15) is 0 Å². The first kappa shape index (κ1) is 17.6. The van der Waals surface area contributed by atoms with Gasteiger partial charge in [0, 0.05) is 0 Å². The van der Waals surface area contributed by atoms with Gasteiger partial charge in [0.25, 0.3) is 0 Å². The van der Waals surface area contributed by atoms with Gasteiger partial charge < -0.3 is 14.2 Å². The van der Waals surface area contributed by atoms with E-state index in [0.29, 0.717) is 26.4 Å². The lowest BCUT2D eigenvalue weighted by Gasteiger charge is -2.12. The average Bonchev–Trinajstić information content (AvgIpc) is 3.11. The Hall–Kier alpha value is -2.20. The van der Waals surface area contributed by atoms with Gasteiger partial charge in [0.2, 0.25) is 0 Å². The first-order chi connectivity index (χ1) is 12.4. The summed E-state index contributed by atoms with van der Waals surface area (Å²) < 4.78 is 17.2. The highest BCUT2D eigenvalue weighted by Crippen LogP contribution is 2.14. The zero-order chi connectivity index (χ0) is 17.2. The van der Waals surface area contributed by atoms with Crippen LogP contribution in [0.5, 0.6) is 0 Å². The second-order valence-corrected chi connectivity index (χ2v) is 5.95. The Balaban J connectivity index is 1.28. The van der Waals surface area contributed by atoms with Gasteiger partial charge in [-0.15, -0.1) is 0 Å². The number of benzene rings is 2. The molecule has 2 aromatic carbocycles. The summed E-state index contributed by atoms with van der Waals surface area (Å²) in [6.07, 6.45) is 8.17. The van der Waals surface area contributed by atoms with Gasteiger partial charge in [-0.05, 0) is 11.1 Å². The summed E-state index contributed by atoms with van der Waals surface area (Å²) in [6.45, 7) is 2.39. The molecule has 3 heteroatoms. The van der Waals surface area contributed by atoms with Crippen molar-refractivity contribution in [2.45, 2.75) is 25.4 Å². The lowest BCUT2D eigenvalue weighted by Crippen LogP contribution is -2.16. The Morgan fingerprint density at radius 2 is 1.44 bits per heavy atom. The third-order valence-electron chi connectivity index (χ3n) is 3.89. The van der Waals surface area contributed by atoms with E-state index < -0.39 is 0 Å². The molecule has 0 saturated heterocycles. The minimum absolute atomic E-state index is 0.00523. The molecule has 0 unspecified atom stereocenters. The summed E-state index contributed by atoms with van der Waals surface area (Å²) in [5, 5.41) is 0. The molecule has 0 aliphatic carbocycles. The fourth-order valence-corrected chi connectivity index (χ4v) is 2.61. The zero-order valence-corrected chi connectivity index (χ0v) is 14.3. The van der Waals surface area contributed by atoms with Crippen molar-refractivity contribution in [2.75, 3.05) is 13.2 Å². The molecule has 1 aliphatic rings. The van der Waals surface area contributed by atoms with Crippen LogP contribution in [0.3, 0.4) is 0 Å². The van der Waals surface area contributed by atoms with Gasteiger partial charge in [-0.25, -0.2) is 0 Å². The Morgan fingerprint density at radius 1 is 0.800 bits per heavy atom. The average molecular weight is 336 g/mol. The van der Waals surface area contributed by atoms with Crippen molar-refractivity contribution in [3.8, 4) is 0 Å². The van der Waals surface area contributed by atoms with Crippen molar-refractivity contribution in [3.63, 3.8) is 0 Å². The predicted octanol–water partition coefficient (Wildman–Crippen LogP) is 4.30. The number of hydrogen-bond donors (Lipinski definition) is 0. The van der Waals surface area contributed by atoms with Crippen molar-refractivity contribution in [1.82, 2.24) is 0 Å². The van der Waals surface area contributed by atoms with Gasteiger partial charge >= 0.3 is 0 Å². The monoisotopic (exact) mass is 336 g/mol. The van der Waals surface area contributed by atoms with E-state index in [1.807, 2.05) is 48.6 Å². The highest BCUT2D eigenvalue weighted by atomic mass is 16.5. The van der Waals surface area contributed by atoms with Crippen LogP contribution in [0.2, 0.25) is 0 Å². The molecular formula is C22H24O3. The zero-order valence-electron chi connectivity index (χ0n) is 14.3. The minimum Gasteiger partial charge on any atom is -0.374 e. The molecule has 0 fully saturated rings. The van der Waals surface area contributed by atoms with E-state index in [1.54, 1.807) is 0 Å². The molecule has 0 saturated carbocycles. The lowest BCUT2D eigenvalue weighted by atomic mass is 10.2. The van der Waals surface area contributed by atoms with Gasteiger partial charge in [0.05, 0.1) is 32.5 Å². The standard InChI is InChI=1S/C22H24O3/c1-3-8-19(9-4-1)16-23-15-7-12-21-13-14-22(25-21)18-24-17-20-10-5-2-6-11-20/h1-14,21-22H,15-18H2/b12-7+/t21-,22-/m0/s1. The van der Waals surface area contributed by atoms with E-state index in [9.17, 15) is 0 Å². The Morgan fingerprint density at radius 3 is 2.12 bits per heavy atom. The van der Waals surface area contributed by atoms with E-state index in [4.69, 9.17) is 14.2 Å². The van der Waals surface area contributed by atoms with Crippen molar-refractivity contribution in [1.29, 1.82) is 0 Å². The van der Waals surface area contributed by atoms with Crippen LogP contribution in [0.25, 0.3) is 0 Å². The molecule has 2 atom stereocenters. The smallest absolute Gasteiger partial charge is 0.100 e. The van der Waals surface area contributed by atoms with Crippen LogP contribution in [-0.2, 0) is 27.4 Å². The van der Waals surface area contributed by atoms with Gasteiger partial charge in [-0.1, -0.05) is 85.0 Å². The molecule has 0 N–H and O–H groups in total. The van der Waals surface area contributed by atoms with Crippen LogP contribution >= 0.6 is 0 Å². The van der Waals surface area contributed by atoms with Gasteiger partial charge in [-0.3, -0.25) is 0 Å². The SMILES string of the molecule is C1=C[C@@H](COCc2ccccc2)O[C@H]1/C=C/COCc1ccccc1. The third kappa shape index (κ3) is 6.31. The minimum atomic E-state index is 0.00523. The molecular weight excluding hydrogens is 312 g/mol. The first-order valence-corrected chi connectivity index (χ1v) is 8.64. The highest BCUT2D eigenvalue weighted by Gasteiger charge is 2.16. The molecule has 0 bridgehead atoms. The lowest BCUT2D eigenvalue weighted by molar-refractivity contribution is 0.00453. The summed E-state index contributed by atoms with van der Waals surface area (Å²) in [5.74, 6) is 0. The van der Waals surface area contributed by atoms with Crippen LogP contribution in [0, 0.1) is 0 Å². The van der Waals surface area contributed by atoms with Crippen molar-refractivity contribution in [2.24, 2.45) is 0 Å².